The molecule has 0 amide bonds. The summed E-state index contributed by atoms with van der Waals surface area (Å²) in [6.07, 6.45) is 2.07. The monoisotopic (exact) mass is 228 g/mol. The summed E-state index contributed by atoms with van der Waals surface area (Å²) in [5, 5.41) is 7.73. The zero-order chi connectivity index (χ0) is 11.7. The first-order valence-electron chi connectivity index (χ1n) is 5.89. The molecule has 88 valence electrons. The second-order valence-corrected chi connectivity index (χ2v) is 4.37. The summed E-state index contributed by atoms with van der Waals surface area (Å²) in [5.41, 5.74) is 2.53. The molecule has 0 spiro atoms. The lowest BCUT2D eigenvalue weighted by Gasteiger charge is -2.28. The minimum absolute atomic E-state index is 0.946. The van der Waals surface area contributed by atoms with E-state index in [1.165, 1.54) is 11.3 Å². The molecule has 0 radical (unpaired) electrons. The largest absolute Gasteiger partial charge is 0.365 e. The number of rotatable bonds is 2. The topological polar surface area (TPSA) is 33.1 Å². The van der Waals surface area contributed by atoms with Crippen molar-refractivity contribution >= 4 is 11.5 Å². The van der Waals surface area contributed by atoms with Gasteiger partial charge in [-0.05, 0) is 5.56 Å². The molecule has 1 aliphatic rings. The molecule has 3 rings (SSSR count). The first-order chi connectivity index (χ1) is 8.33. The van der Waals surface area contributed by atoms with Crippen molar-refractivity contribution in [3.05, 3.63) is 42.1 Å². The van der Waals surface area contributed by atoms with Crippen LogP contribution in [0, 0.1) is 0 Å². The van der Waals surface area contributed by atoms with Crippen LogP contribution >= 0.6 is 0 Å². The third-order valence-corrected chi connectivity index (χ3v) is 3.04. The van der Waals surface area contributed by atoms with Gasteiger partial charge in [0.15, 0.2) is 5.82 Å². The Bertz CT molecular complexity index is 503. The number of nitrogens with zero attached hydrogens (tertiary/aromatic N) is 3. The number of aryl methyl sites for hydroxylation is 1. The Morgan fingerprint density at radius 3 is 2.94 bits per heavy atom. The molecule has 0 unspecified atom stereocenters. The zero-order valence-electron chi connectivity index (χ0n) is 9.93. The molecule has 0 saturated heterocycles. The summed E-state index contributed by atoms with van der Waals surface area (Å²) < 4.78 is 1.86. The van der Waals surface area contributed by atoms with Crippen LogP contribution in [0.4, 0.5) is 11.5 Å². The number of hydrogen-bond acceptors (Lipinski definition) is 3. The van der Waals surface area contributed by atoms with E-state index >= 15 is 0 Å². The standard InChI is InChI=1S/C13H16N4/c1-16-10-12-13(15-16)14-7-8-17(12)9-11-5-3-2-4-6-11/h2-6,10H,7-9H2,1H3,(H,14,15). The maximum Gasteiger partial charge on any atom is 0.171 e. The molecule has 1 aliphatic heterocycles. The molecule has 17 heavy (non-hydrogen) atoms. The molecule has 0 atom stereocenters. The van der Waals surface area contributed by atoms with Crippen molar-refractivity contribution in [1.29, 1.82) is 0 Å². The average molecular weight is 228 g/mol. The average Bonchev–Trinajstić information content (AvgIpc) is 2.72. The van der Waals surface area contributed by atoms with E-state index in [0.29, 0.717) is 0 Å². The van der Waals surface area contributed by atoms with Crippen LogP contribution in [-0.2, 0) is 13.6 Å². The van der Waals surface area contributed by atoms with Crippen molar-refractivity contribution in [1.82, 2.24) is 9.78 Å². The minimum Gasteiger partial charge on any atom is -0.365 e. The van der Waals surface area contributed by atoms with Crippen molar-refractivity contribution in [2.24, 2.45) is 7.05 Å². The predicted molar refractivity (Wildman–Crippen MR) is 69.2 cm³/mol. The van der Waals surface area contributed by atoms with Gasteiger partial charge in [-0.2, -0.15) is 5.10 Å². The van der Waals surface area contributed by atoms with Gasteiger partial charge in [-0.25, -0.2) is 0 Å². The number of anilines is 2. The molecule has 0 fully saturated rings. The van der Waals surface area contributed by atoms with Gasteiger partial charge in [0.05, 0.1) is 6.20 Å². The van der Waals surface area contributed by atoms with Crippen molar-refractivity contribution in [2.75, 3.05) is 23.3 Å². The lowest BCUT2D eigenvalue weighted by molar-refractivity contribution is 0.768. The lowest BCUT2D eigenvalue weighted by Crippen LogP contribution is -2.32. The fraction of sp³-hybridized carbons (Fsp3) is 0.308. The Morgan fingerprint density at radius 2 is 2.12 bits per heavy atom. The molecule has 4 nitrogen and oxygen atoms in total. The van der Waals surface area contributed by atoms with Gasteiger partial charge in [-0.1, -0.05) is 30.3 Å². The smallest absolute Gasteiger partial charge is 0.171 e. The molecule has 0 aliphatic carbocycles. The highest BCUT2D eigenvalue weighted by atomic mass is 15.3. The Morgan fingerprint density at radius 1 is 1.29 bits per heavy atom. The third-order valence-electron chi connectivity index (χ3n) is 3.04. The highest BCUT2D eigenvalue weighted by Crippen LogP contribution is 2.28. The molecular formula is C13H16N4. The minimum atomic E-state index is 0.946. The second kappa shape index (κ2) is 4.13. The molecule has 4 heteroatoms. The van der Waals surface area contributed by atoms with Gasteiger partial charge < -0.3 is 10.2 Å². The zero-order valence-corrected chi connectivity index (χ0v) is 9.93. The summed E-state index contributed by atoms with van der Waals surface area (Å²) in [6.45, 7) is 2.92. The van der Waals surface area contributed by atoms with Crippen LogP contribution in [0.1, 0.15) is 5.56 Å². The molecule has 2 aromatic rings. The van der Waals surface area contributed by atoms with Crippen LogP contribution in [0.5, 0.6) is 0 Å². The van der Waals surface area contributed by atoms with Crippen molar-refractivity contribution in [2.45, 2.75) is 6.54 Å². The van der Waals surface area contributed by atoms with E-state index in [4.69, 9.17) is 0 Å². The van der Waals surface area contributed by atoms with Gasteiger partial charge >= 0.3 is 0 Å². The van der Waals surface area contributed by atoms with Crippen LogP contribution in [0.3, 0.4) is 0 Å². The van der Waals surface area contributed by atoms with Gasteiger partial charge in [0.25, 0.3) is 0 Å². The first kappa shape index (κ1) is 10.2. The highest BCUT2D eigenvalue weighted by molar-refractivity contribution is 5.67. The first-order valence-corrected chi connectivity index (χ1v) is 5.89. The van der Waals surface area contributed by atoms with Gasteiger partial charge in [0.2, 0.25) is 0 Å². The van der Waals surface area contributed by atoms with E-state index in [-0.39, 0.29) is 0 Å². The molecule has 0 saturated carbocycles. The summed E-state index contributed by atoms with van der Waals surface area (Å²) in [5.74, 6) is 0.995. The van der Waals surface area contributed by atoms with Crippen LogP contribution < -0.4 is 10.2 Å². The Balaban J connectivity index is 1.86. The second-order valence-electron chi connectivity index (χ2n) is 4.37. The lowest BCUT2D eigenvalue weighted by atomic mass is 10.2. The molecule has 1 aromatic heterocycles. The number of benzene rings is 1. The molecule has 1 N–H and O–H groups in total. The Kier molecular flexibility index (Phi) is 2.48. The van der Waals surface area contributed by atoms with Gasteiger partial charge in [-0.3, -0.25) is 4.68 Å². The summed E-state index contributed by atoms with van der Waals surface area (Å²) in [4.78, 5) is 2.37. The summed E-state index contributed by atoms with van der Waals surface area (Å²) in [7, 11) is 1.96. The number of fused-ring (bicyclic) bond motifs is 1. The van der Waals surface area contributed by atoms with E-state index in [2.05, 4.69) is 51.8 Å². The predicted octanol–water partition coefficient (Wildman–Crippen LogP) is 1.85. The number of hydrogen-bond donors (Lipinski definition) is 1. The number of nitrogens with one attached hydrogen (secondary N) is 1. The van der Waals surface area contributed by atoms with Crippen LogP contribution in [0.25, 0.3) is 0 Å². The van der Waals surface area contributed by atoms with E-state index in [1.54, 1.807) is 0 Å². The molecule has 1 aromatic carbocycles. The SMILES string of the molecule is Cn1cc2c(n1)NCCN2Cc1ccccc1. The third kappa shape index (κ3) is 1.98. The van der Waals surface area contributed by atoms with Crippen molar-refractivity contribution in [3.63, 3.8) is 0 Å². The Hall–Kier alpha value is -1.97. The normalized spacial score (nSPS) is 14.3. The van der Waals surface area contributed by atoms with E-state index in [0.717, 1.165) is 25.5 Å². The molecule has 0 bridgehead atoms. The molecule has 2 heterocycles. The summed E-state index contributed by atoms with van der Waals surface area (Å²) in [6, 6.07) is 10.6. The van der Waals surface area contributed by atoms with Crippen LogP contribution in [-0.4, -0.2) is 22.9 Å². The fourth-order valence-corrected chi connectivity index (χ4v) is 2.23. The fourth-order valence-electron chi connectivity index (χ4n) is 2.23. The highest BCUT2D eigenvalue weighted by Gasteiger charge is 2.19. The van der Waals surface area contributed by atoms with Crippen molar-refractivity contribution < 1.29 is 0 Å². The van der Waals surface area contributed by atoms with E-state index in [9.17, 15) is 0 Å². The maximum atomic E-state index is 4.41. The maximum absolute atomic E-state index is 4.41. The van der Waals surface area contributed by atoms with Crippen LogP contribution in [0.2, 0.25) is 0 Å². The Labute approximate surface area is 101 Å². The van der Waals surface area contributed by atoms with Gasteiger partial charge in [0, 0.05) is 26.7 Å². The van der Waals surface area contributed by atoms with E-state index < -0.39 is 0 Å². The molecular weight excluding hydrogens is 212 g/mol. The quantitative estimate of drug-likeness (QED) is 0.851. The van der Waals surface area contributed by atoms with Gasteiger partial charge in [-0.15, -0.1) is 0 Å². The summed E-state index contributed by atoms with van der Waals surface area (Å²) >= 11 is 0. The number of aromatic nitrogens is 2. The van der Waals surface area contributed by atoms with Crippen molar-refractivity contribution in [3.8, 4) is 0 Å². The van der Waals surface area contributed by atoms with E-state index in [1.807, 2.05) is 11.7 Å². The van der Waals surface area contributed by atoms with Gasteiger partial charge in [0.1, 0.15) is 5.69 Å². The van der Waals surface area contributed by atoms with Crippen LogP contribution in [0.15, 0.2) is 36.5 Å².